The molecule has 0 aromatic rings. The number of phosphoric acid groups is 2. The summed E-state index contributed by atoms with van der Waals surface area (Å²) in [5, 5.41) is 10.5. The summed E-state index contributed by atoms with van der Waals surface area (Å²) in [5.41, 5.74) is 0. The average molecular weight is 1270 g/mol. The van der Waals surface area contributed by atoms with Gasteiger partial charge in [-0.25, -0.2) is 9.13 Å². The van der Waals surface area contributed by atoms with E-state index in [0.717, 1.165) is 108 Å². The zero-order chi connectivity index (χ0) is 63.6. The topological polar surface area (TPSA) is 237 Å². The number of hydrogen-bond donors (Lipinski definition) is 3. The van der Waals surface area contributed by atoms with Gasteiger partial charge in [-0.3, -0.25) is 37.3 Å². The summed E-state index contributed by atoms with van der Waals surface area (Å²) in [6.07, 6.45) is 43.4. The van der Waals surface area contributed by atoms with E-state index in [4.69, 9.17) is 37.0 Å². The van der Waals surface area contributed by atoms with Crippen LogP contribution < -0.4 is 0 Å². The zero-order valence-corrected chi connectivity index (χ0v) is 57.4. The Morgan fingerprint density at radius 3 is 0.791 bits per heavy atom. The van der Waals surface area contributed by atoms with E-state index in [1.807, 2.05) is 0 Å². The minimum absolute atomic E-state index is 0.104. The number of carbonyl (C=O) groups is 4. The fourth-order valence-electron chi connectivity index (χ4n) is 10.1. The predicted octanol–water partition coefficient (Wildman–Crippen LogP) is 18.8. The maximum Gasteiger partial charge on any atom is 0.472 e. The first kappa shape index (κ1) is 84.1. The first-order valence-corrected chi connectivity index (χ1v) is 38.0. The smallest absolute Gasteiger partial charge is 0.462 e. The Balaban J connectivity index is 5.17. The second kappa shape index (κ2) is 59.4. The van der Waals surface area contributed by atoms with Crippen molar-refractivity contribution in [2.24, 2.45) is 11.8 Å². The van der Waals surface area contributed by atoms with Gasteiger partial charge in [0.25, 0.3) is 0 Å². The number of phosphoric ester groups is 2. The number of hydrogen-bond acceptors (Lipinski definition) is 15. The van der Waals surface area contributed by atoms with Crippen LogP contribution >= 0.6 is 15.6 Å². The summed E-state index contributed by atoms with van der Waals surface area (Å²) in [7, 11) is -9.89. The molecule has 0 saturated carbocycles. The van der Waals surface area contributed by atoms with Crippen molar-refractivity contribution in [2.45, 2.75) is 355 Å². The fraction of sp³-hybridized carbons (Fsp3) is 0.940. The first-order chi connectivity index (χ1) is 41.4. The molecule has 0 rings (SSSR count). The summed E-state index contributed by atoms with van der Waals surface area (Å²) in [4.78, 5) is 72.1. The quantitative estimate of drug-likeness (QED) is 0.0222. The standard InChI is InChI=1S/C67H130O17P2/c1-7-9-11-13-14-15-16-17-18-19-22-28-33-39-45-51-66(71)84-63(56-78-65(70)50-44-38-32-27-23-20-21-25-30-36-41-47-59(3)4)58-82-86(75,76)80-54-61(68)53-79-85(73,74)81-57-62(55-77-64(69)49-43-35-12-10-8-2)83-67(72)52-46-40-34-29-24-26-31-37-42-48-60(5)6/h59-63,68H,7-58H2,1-6H3,(H,73,74)(H,75,76)/t61-,62+,63+/m0/s1. The zero-order valence-electron chi connectivity index (χ0n) is 55.6. The van der Waals surface area contributed by atoms with Crippen molar-refractivity contribution in [1.82, 2.24) is 0 Å². The van der Waals surface area contributed by atoms with Gasteiger partial charge in [0.05, 0.1) is 26.4 Å². The summed E-state index contributed by atoms with van der Waals surface area (Å²) < 4.78 is 68.0. The van der Waals surface area contributed by atoms with E-state index in [2.05, 4.69) is 41.5 Å². The van der Waals surface area contributed by atoms with Crippen LogP contribution in [0.1, 0.15) is 337 Å². The maximum absolute atomic E-state index is 13.0. The van der Waals surface area contributed by atoms with Crippen LogP contribution in [0.5, 0.6) is 0 Å². The number of esters is 4. The minimum Gasteiger partial charge on any atom is -0.462 e. The van der Waals surface area contributed by atoms with E-state index >= 15 is 0 Å². The van der Waals surface area contributed by atoms with Crippen LogP contribution in [0.2, 0.25) is 0 Å². The lowest BCUT2D eigenvalue weighted by Crippen LogP contribution is -2.30. The Morgan fingerprint density at radius 2 is 0.535 bits per heavy atom. The van der Waals surface area contributed by atoms with E-state index in [0.29, 0.717) is 25.7 Å². The van der Waals surface area contributed by atoms with E-state index in [1.165, 1.54) is 148 Å². The third-order valence-corrected chi connectivity index (χ3v) is 17.4. The van der Waals surface area contributed by atoms with Crippen LogP contribution in [0.3, 0.4) is 0 Å². The highest BCUT2D eigenvalue weighted by molar-refractivity contribution is 7.47. The fourth-order valence-corrected chi connectivity index (χ4v) is 11.6. The molecule has 510 valence electrons. The van der Waals surface area contributed by atoms with Crippen molar-refractivity contribution >= 4 is 39.5 Å². The second-order valence-electron chi connectivity index (χ2n) is 25.2. The highest BCUT2D eigenvalue weighted by Crippen LogP contribution is 2.45. The van der Waals surface area contributed by atoms with Gasteiger partial charge >= 0.3 is 39.5 Å². The molecular formula is C67H130O17P2. The van der Waals surface area contributed by atoms with Crippen LogP contribution in [0, 0.1) is 11.8 Å². The Kier molecular flexibility index (Phi) is 58.0. The molecule has 0 aromatic heterocycles. The maximum atomic E-state index is 13.0. The Labute approximate surface area is 524 Å². The number of aliphatic hydroxyl groups excluding tert-OH is 1. The van der Waals surface area contributed by atoms with Gasteiger partial charge in [0, 0.05) is 25.7 Å². The van der Waals surface area contributed by atoms with E-state index in [1.54, 1.807) is 0 Å². The normalized spacial score (nSPS) is 14.2. The minimum atomic E-state index is -4.95. The molecule has 0 aromatic carbocycles. The molecule has 0 heterocycles. The molecule has 0 bridgehead atoms. The molecule has 0 saturated heterocycles. The highest BCUT2D eigenvalue weighted by Gasteiger charge is 2.30. The van der Waals surface area contributed by atoms with Crippen LogP contribution in [-0.2, 0) is 65.4 Å². The summed E-state index contributed by atoms with van der Waals surface area (Å²) >= 11 is 0. The van der Waals surface area contributed by atoms with Crippen molar-refractivity contribution in [3.05, 3.63) is 0 Å². The van der Waals surface area contributed by atoms with E-state index in [9.17, 15) is 43.2 Å². The number of aliphatic hydroxyl groups is 1. The molecule has 0 spiro atoms. The second-order valence-corrected chi connectivity index (χ2v) is 28.1. The third kappa shape index (κ3) is 60.9. The lowest BCUT2D eigenvalue weighted by molar-refractivity contribution is -0.161. The lowest BCUT2D eigenvalue weighted by Gasteiger charge is -2.21. The largest absolute Gasteiger partial charge is 0.472 e. The molecule has 0 radical (unpaired) electrons. The molecule has 3 N–H and O–H groups in total. The molecule has 0 aliphatic heterocycles. The highest BCUT2D eigenvalue weighted by atomic mass is 31.2. The van der Waals surface area contributed by atoms with Gasteiger partial charge in [-0.2, -0.15) is 0 Å². The van der Waals surface area contributed by atoms with Gasteiger partial charge in [-0.15, -0.1) is 0 Å². The van der Waals surface area contributed by atoms with E-state index < -0.39 is 97.5 Å². The molecule has 0 fully saturated rings. The molecule has 17 nitrogen and oxygen atoms in total. The number of ether oxygens (including phenoxy) is 4. The summed E-state index contributed by atoms with van der Waals surface area (Å²) in [6.45, 7) is 9.42. The van der Waals surface area contributed by atoms with Crippen molar-refractivity contribution in [2.75, 3.05) is 39.6 Å². The number of carbonyl (C=O) groups excluding carboxylic acids is 4. The third-order valence-electron chi connectivity index (χ3n) is 15.5. The molecule has 5 atom stereocenters. The number of rotatable bonds is 66. The molecule has 86 heavy (non-hydrogen) atoms. The molecule has 19 heteroatoms. The van der Waals surface area contributed by atoms with Gasteiger partial charge in [0.2, 0.25) is 0 Å². The molecule has 0 aliphatic rings. The van der Waals surface area contributed by atoms with Crippen molar-refractivity contribution in [3.8, 4) is 0 Å². The van der Waals surface area contributed by atoms with Crippen LogP contribution in [-0.4, -0.2) is 96.7 Å². The Morgan fingerprint density at radius 1 is 0.314 bits per heavy atom. The Bertz CT molecular complexity index is 1680. The predicted molar refractivity (Wildman–Crippen MR) is 345 cm³/mol. The monoisotopic (exact) mass is 1270 g/mol. The van der Waals surface area contributed by atoms with Crippen molar-refractivity contribution in [3.63, 3.8) is 0 Å². The van der Waals surface area contributed by atoms with Gasteiger partial charge < -0.3 is 33.8 Å². The van der Waals surface area contributed by atoms with Gasteiger partial charge in [0.15, 0.2) is 12.2 Å². The molecular weight excluding hydrogens is 1140 g/mol. The first-order valence-electron chi connectivity index (χ1n) is 35.0. The lowest BCUT2D eigenvalue weighted by atomic mass is 10.0. The van der Waals surface area contributed by atoms with Gasteiger partial charge in [0.1, 0.15) is 19.3 Å². The van der Waals surface area contributed by atoms with Gasteiger partial charge in [-0.05, 0) is 37.5 Å². The van der Waals surface area contributed by atoms with Crippen LogP contribution in [0.25, 0.3) is 0 Å². The average Bonchev–Trinajstić information content (AvgIpc) is 3.48. The summed E-state index contributed by atoms with van der Waals surface area (Å²) in [6, 6.07) is 0. The summed E-state index contributed by atoms with van der Waals surface area (Å²) in [5.74, 6) is -0.631. The molecule has 0 aliphatic carbocycles. The Hall–Kier alpha value is -1.94. The molecule has 2 unspecified atom stereocenters. The van der Waals surface area contributed by atoms with Crippen molar-refractivity contribution in [1.29, 1.82) is 0 Å². The van der Waals surface area contributed by atoms with Gasteiger partial charge in [-0.1, -0.05) is 286 Å². The SMILES string of the molecule is CCCCCCCCCCCCCCCCCC(=O)O[C@H](COC(=O)CCCCCCCCCCCCCC(C)C)COP(=O)(O)OC[C@@H](O)COP(=O)(O)OC[C@@H](COC(=O)CCCCCCC)OC(=O)CCCCCCCCCCCC(C)C. The number of unbranched alkanes of at least 4 members (excludes halogenated alkanes) is 36. The van der Waals surface area contributed by atoms with Crippen LogP contribution in [0.4, 0.5) is 0 Å². The van der Waals surface area contributed by atoms with E-state index in [-0.39, 0.29) is 25.7 Å². The van der Waals surface area contributed by atoms with Crippen molar-refractivity contribution < 1.29 is 80.2 Å². The van der Waals surface area contributed by atoms with Crippen LogP contribution in [0.15, 0.2) is 0 Å². The molecule has 0 amide bonds.